The second-order valence-corrected chi connectivity index (χ2v) is 10.3. The second kappa shape index (κ2) is 8.72. The minimum atomic E-state index is -4.71. The van der Waals surface area contributed by atoms with E-state index in [0.29, 0.717) is 18.3 Å². The van der Waals surface area contributed by atoms with Crippen molar-refractivity contribution in [3.05, 3.63) is 59.4 Å². The third-order valence-corrected chi connectivity index (χ3v) is 7.44. The van der Waals surface area contributed by atoms with Crippen molar-refractivity contribution in [2.75, 3.05) is 13.6 Å². The summed E-state index contributed by atoms with van der Waals surface area (Å²) >= 11 is 0. The molecule has 12 heteroatoms. The van der Waals surface area contributed by atoms with Crippen molar-refractivity contribution in [3.63, 3.8) is 0 Å². The van der Waals surface area contributed by atoms with Crippen LogP contribution in [-0.2, 0) is 22.2 Å². The highest BCUT2D eigenvalue weighted by molar-refractivity contribution is 7.92. The number of carbonyl (C=O) groups is 1. The molecular weight excluding hydrogens is 462 g/mol. The fraction of sp³-hybridized carbons (Fsp3) is 0.400. The van der Waals surface area contributed by atoms with E-state index in [1.165, 1.54) is 20.9 Å². The summed E-state index contributed by atoms with van der Waals surface area (Å²) in [6.45, 7) is 2.50. The van der Waals surface area contributed by atoms with Crippen LogP contribution >= 0.6 is 0 Å². The summed E-state index contributed by atoms with van der Waals surface area (Å²) in [7, 11) is -2.89. The van der Waals surface area contributed by atoms with E-state index in [1.807, 2.05) is 0 Å². The predicted octanol–water partition coefficient (Wildman–Crippen LogP) is 4.83. The summed E-state index contributed by atoms with van der Waals surface area (Å²) in [6.07, 6.45) is -8.95. The number of benzene rings is 1. The van der Waals surface area contributed by atoms with Crippen LogP contribution in [0.25, 0.3) is 0 Å². The van der Waals surface area contributed by atoms with Crippen LogP contribution in [0.1, 0.15) is 41.9 Å². The molecule has 5 nitrogen and oxygen atoms in total. The lowest BCUT2D eigenvalue weighted by Gasteiger charge is -2.28. The summed E-state index contributed by atoms with van der Waals surface area (Å²) in [5.41, 5.74) is -2.39. The first kappa shape index (κ1) is 25.6. The van der Waals surface area contributed by atoms with Crippen LogP contribution in [0.3, 0.4) is 0 Å². The molecule has 2 rings (SSSR count). The number of rotatable bonds is 6. The fourth-order valence-electron chi connectivity index (χ4n) is 2.72. The molecule has 0 fully saturated rings. The Labute approximate surface area is 181 Å². The van der Waals surface area contributed by atoms with Crippen LogP contribution < -0.4 is 0 Å². The quantitative estimate of drug-likeness (QED) is 0.553. The molecule has 0 bridgehead atoms. The summed E-state index contributed by atoms with van der Waals surface area (Å²) in [5.74, 6) is -0.731. The minimum absolute atomic E-state index is 0.132. The van der Waals surface area contributed by atoms with Crippen LogP contribution in [0.2, 0.25) is 0 Å². The molecule has 0 radical (unpaired) electrons. The Kier molecular flexibility index (Phi) is 6.98. The Morgan fingerprint density at radius 2 is 1.56 bits per heavy atom. The molecule has 0 aliphatic carbocycles. The predicted molar refractivity (Wildman–Crippen MR) is 104 cm³/mol. The van der Waals surface area contributed by atoms with Crippen LogP contribution in [-0.4, -0.2) is 42.5 Å². The molecular formula is C20H20F6N2O3S. The minimum Gasteiger partial charge on any atom is -0.340 e. The highest BCUT2D eigenvalue weighted by atomic mass is 32.2. The highest BCUT2D eigenvalue weighted by Gasteiger charge is 2.38. The lowest BCUT2D eigenvalue weighted by Crippen LogP contribution is -2.38. The molecule has 2 aromatic rings. The number of pyridine rings is 1. The van der Waals surface area contributed by atoms with Crippen molar-refractivity contribution >= 4 is 15.7 Å². The first-order chi connectivity index (χ1) is 14.5. The average Bonchev–Trinajstić information content (AvgIpc) is 2.70. The molecule has 1 aromatic carbocycles. The van der Waals surface area contributed by atoms with Gasteiger partial charge < -0.3 is 4.90 Å². The number of carbonyl (C=O) groups excluding carboxylic acids is 1. The molecule has 1 amide bonds. The summed E-state index contributed by atoms with van der Waals surface area (Å²) in [5, 5.41) is 0. The Morgan fingerprint density at radius 3 is 2.06 bits per heavy atom. The number of alkyl halides is 6. The maximum atomic E-state index is 12.9. The Bertz CT molecular complexity index is 1080. The third-order valence-electron chi connectivity index (χ3n) is 4.91. The van der Waals surface area contributed by atoms with E-state index in [1.54, 1.807) is 0 Å². The second-order valence-electron chi connectivity index (χ2n) is 7.70. The van der Waals surface area contributed by atoms with E-state index < -0.39 is 48.9 Å². The first-order valence-corrected chi connectivity index (χ1v) is 10.7. The maximum Gasteiger partial charge on any atom is 0.417 e. The lowest BCUT2D eigenvalue weighted by molar-refractivity contribution is -0.138. The van der Waals surface area contributed by atoms with Gasteiger partial charge in [0.05, 0.1) is 20.8 Å². The van der Waals surface area contributed by atoms with E-state index >= 15 is 0 Å². The molecule has 1 heterocycles. The van der Waals surface area contributed by atoms with Gasteiger partial charge in [0.2, 0.25) is 0 Å². The monoisotopic (exact) mass is 482 g/mol. The van der Waals surface area contributed by atoms with Gasteiger partial charge in [0.25, 0.3) is 5.91 Å². The molecule has 0 saturated heterocycles. The smallest absolute Gasteiger partial charge is 0.340 e. The fourth-order valence-corrected chi connectivity index (χ4v) is 4.25. The standard InChI is InChI=1S/C20H20F6N2O3S/c1-18(2,32(30,31)15-6-4-5-13(11-15)19(21,22)23)9-10-28(3)17(29)16-8-7-14(12-27-16)20(24,25)26/h4-8,11-12H,9-10H2,1-3H3. The van der Waals surface area contributed by atoms with Gasteiger partial charge in [-0.3, -0.25) is 9.78 Å². The zero-order valence-electron chi connectivity index (χ0n) is 17.3. The van der Waals surface area contributed by atoms with E-state index in [2.05, 4.69) is 4.98 Å². The van der Waals surface area contributed by atoms with Gasteiger partial charge in [0.1, 0.15) is 5.69 Å². The number of nitrogens with zero attached hydrogens (tertiary/aromatic N) is 2. The van der Waals surface area contributed by atoms with Gasteiger partial charge in [-0.15, -0.1) is 0 Å². The third kappa shape index (κ3) is 5.59. The van der Waals surface area contributed by atoms with Crippen molar-refractivity contribution in [1.82, 2.24) is 9.88 Å². The molecule has 0 aliphatic rings. The zero-order chi connectivity index (χ0) is 24.5. The largest absolute Gasteiger partial charge is 0.417 e. The van der Waals surface area contributed by atoms with Crippen LogP contribution in [0.15, 0.2) is 47.5 Å². The zero-order valence-corrected chi connectivity index (χ0v) is 18.1. The van der Waals surface area contributed by atoms with Gasteiger partial charge >= 0.3 is 12.4 Å². The number of amides is 1. The Hall–Kier alpha value is -2.63. The van der Waals surface area contributed by atoms with Gasteiger partial charge in [-0.25, -0.2) is 8.42 Å². The van der Waals surface area contributed by atoms with Crippen molar-refractivity contribution in [3.8, 4) is 0 Å². The van der Waals surface area contributed by atoms with Gasteiger partial charge in [-0.05, 0) is 50.6 Å². The SMILES string of the molecule is CN(CCC(C)(C)S(=O)(=O)c1cccc(C(F)(F)F)c1)C(=O)c1ccc(C(F)(F)F)cn1. The van der Waals surface area contributed by atoms with Crippen LogP contribution in [0, 0.1) is 0 Å². The number of halogens is 6. The number of sulfone groups is 1. The van der Waals surface area contributed by atoms with Crippen LogP contribution in [0.5, 0.6) is 0 Å². The average molecular weight is 482 g/mol. The van der Waals surface area contributed by atoms with Gasteiger partial charge in [0, 0.05) is 19.8 Å². The molecule has 0 aliphatic heterocycles. The number of aromatic nitrogens is 1. The van der Waals surface area contributed by atoms with Crippen molar-refractivity contribution < 1.29 is 39.6 Å². The summed E-state index contributed by atoms with van der Waals surface area (Å²) in [4.78, 5) is 16.5. The van der Waals surface area contributed by atoms with Crippen LogP contribution in [0.4, 0.5) is 26.3 Å². The lowest BCUT2D eigenvalue weighted by atomic mass is 10.1. The molecule has 0 N–H and O–H groups in total. The molecule has 0 atom stereocenters. The summed E-state index contributed by atoms with van der Waals surface area (Å²) < 4.78 is 101. The maximum absolute atomic E-state index is 12.9. The van der Waals surface area contributed by atoms with E-state index in [9.17, 15) is 39.6 Å². The van der Waals surface area contributed by atoms with E-state index in [0.717, 1.165) is 29.2 Å². The summed E-state index contributed by atoms with van der Waals surface area (Å²) in [6, 6.07) is 4.99. The molecule has 1 aromatic heterocycles. The first-order valence-electron chi connectivity index (χ1n) is 9.17. The van der Waals surface area contributed by atoms with Gasteiger partial charge in [-0.1, -0.05) is 6.07 Å². The molecule has 0 saturated carbocycles. The Morgan fingerprint density at radius 1 is 0.969 bits per heavy atom. The van der Waals surface area contributed by atoms with E-state index in [4.69, 9.17) is 0 Å². The number of hydrogen-bond acceptors (Lipinski definition) is 4. The van der Waals surface area contributed by atoms with Crippen molar-refractivity contribution in [2.24, 2.45) is 0 Å². The molecule has 176 valence electrons. The molecule has 32 heavy (non-hydrogen) atoms. The van der Waals surface area contributed by atoms with Gasteiger partial charge in [-0.2, -0.15) is 26.3 Å². The van der Waals surface area contributed by atoms with Crippen molar-refractivity contribution in [1.29, 1.82) is 0 Å². The molecule has 0 spiro atoms. The Balaban J connectivity index is 2.15. The highest BCUT2D eigenvalue weighted by Crippen LogP contribution is 2.34. The normalized spacial score (nSPS) is 13.2. The van der Waals surface area contributed by atoms with Crippen molar-refractivity contribution in [2.45, 2.75) is 42.3 Å². The number of hydrogen-bond donors (Lipinski definition) is 0. The van der Waals surface area contributed by atoms with E-state index in [-0.39, 0.29) is 18.7 Å². The topological polar surface area (TPSA) is 67.3 Å². The molecule has 0 unspecified atom stereocenters. The van der Waals surface area contributed by atoms with Gasteiger partial charge in [0.15, 0.2) is 9.84 Å².